The summed E-state index contributed by atoms with van der Waals surface area (Å²) in [4.78, 5) is 72.2. The van der Waals surface area contributed by atoms with Crippen molar-refractivity contribution in [1.29, 1.82) is 0 Å². The monoisotopic (exact) mass is 1310 g/mol. The number of esters is 4. The lowest BCUT2D eigenvalue weighted by Gasteiger charge is -2.21. The first-order chi connectivity index (χ1) is 43.1. The van der Waals surface area contributed by atoms with Gasteiger partial charge in [-0.25, -0.2) is 9.13 Å². The van der Waals surface area contributed by atoms with Crippen LogP contribution in [0.4, 0.5) is 0 Å². The SMILES string of the molecule is CCCCCC/C=C\C=C/CCCCCCCC(=O)OC[C@H](COP(=O)(O)OC[C@@H](O)COP(=O)(O)OC[C@@H](COC(=O)CCCCCCC)OC(=O)CCCCCCCCCCC(C)CC)OC(=O)CCCCCCCCCCCCCCCCCCC. The minimum Gasteiger partial charge on any atom is -0.462 e. The van der Waals surface area contributed by atoms with Gasteiger partial charge in [-0.2, -0.15) is 0 Å². The molecule has 0 heterocycles. The quantitative estimate of drug-likeness (QED) is 0.0169. The van der Waals surface area contributed by atoms with E-state index in [9.17, 15) is 43.2 Å². The van der Waals surface area contributed by atoms with E-state index < -0.39 is 97.5 Å². The molecular formula is C70H132O17P2. The Kier molecular flexibility index (Phi) is 61.2. The molecule has 17 nitrogen and oxygen atoms in total. The van der Waals surface area contributed by atoms with Gasteiger partial charge in [0.2, 0.25) is 0 Å². The van der Waals surface area contributed by atoms with Gasteiger partial charge in [-0.05, 0) is 57.3 Å². The summed E-state index contributed by atoms with van der Waals surface area (Å²) in [6.45, 7) is 7.08. The van der Waals surface area contributed by atoms with Gasteiger partial charge in [0.05, 0.1) is 26.4 Å². The summed E-state index contributed by atoms with van der Waals surface area (Å²) in [5.74, 6) is -1.40. The predicted octanol–water partition coefficient (Wildman–Crippen LogP) is 19.7. The fourth-order valence-corrected chi connectivity index (χ4v) is 11.6. The van der Waals surface area contributed by atoms with Crippen LogP contribution in [-0.2, 0) is 65.4 Å². The van der Waals surface area contributed by atoms with Crippen LogP contribution < -0.4 is 0 Å². The molecule has 19 heteroatoms. The summed E-state index contributed by atoms with van der Waals surface area (Å²) in [5, 5.41) is 10.6. The van der Waals surface area contributed by atoms with Gasteiger partial charge in [0, 0.05) is 25.7 Å². The summed E-state index contributed by atoms with van der Waals surface area (Å²) < 4.78 is 68.0. The molecule has 524 valence electrons. The van der Waals surface area contributed by atoms with E-state index in [0.29, 0.717) is 25.7 Å². The molecule has 0 saturated carbocycles. The molecular weight excluding hydrogens is 1170 g/mol. The van der Waals surface area contributed by atoms with Crippen molar-refractivity contribution < 1.29 is 80.2 Å². The van der Waals surface area contributed by atoms with Crippen molar-refractivity contribution in [3.8, 4) is 0 Å². The Morgan fingerprint density at radius 2 is 0.629 bits per heavy atom. The van der Waals surface area contributed by atoms with Crippen LogP contribution in [0.25, 0.3) is 0 Å². The van der Waals surface area contributed by atoms with Gasteiger partial charge in [-0.15, -0.1) is 0 Å². The van der Waals surface area contributed by atoms with Crippen LogP contribution in [0, 0.1) is 5.92 Å². The van der Waals surface area contributed by atoms with Crippen molar-refractivity contribution in [3.63, 3.8) is 0 Å². The first kappa shape index (κ1) is 86.5. The lowest BCUT2D eigenvalue weighted by atomic mass is 9.99. The van der Waals surface area contributed by atoms with Crippen LogP contribution >= 0.6 is 15.6 Å². The summed E-state index contributed by atoms with van der Waals surface area (Å²) in [5.41, 5.74) is 0. The lowest BCUT2D eigenvalue weighted by molar-refractivity contribution is -0.161. The molecule has 0 aliphatic rings. The molecule has 0 amide bonds. The maximum Gasteiger partial charge on any atom is 0.472 e. The summed E-state index contributed by atoms with van der Waals surface area (Å²) in [6.07, 6.45) is 52.5. The Morgan fingerprint density at radius 3 is 0.955 bits per heavy atom. The molecule has 0 spiro atoms. The van der Waals surface area contributed by atoms with Crippen molar-refractivity contribution in [2.75, 3.05) is 39.6 Å². The number of hydrogen-bond acceptors (Lipinski definition) is 15. The van der Waals surface area contributed by atoms with Gasteiger partial charge in [-0.3, -0.25) is 37.3 Å². The van der Waals surface area contributed by atoms with Crippen LogP contribution in [0.1, 0.15) is 336 Å². The second-order valence-corrected chi connectivity index (χ2v) is 27.7. The summed E-state index contributed by atoms with van der Waals surface area (Å²) in [7, 11) is -9.90. The number of rotatable bonds is 68. The molecule has 3 N–H and O–H groups in total. The number of phosphoric acid groups is 2. The standard InChI is InChI=1S/C70H132O17P2/c1-6-10-13-16-18-20-22-24-26-27-29-31-33-35-40-45-50-55-69(74)87-66(60-81-68(73)54-49-44-39-34-32-30-28-25-23-21-19-17-14-11-7-2)62-85-89(78,79)83-58-64(71)57-82-88(76,77)84-61-65(59-80-67(72)53-48-42-15-12-8-3)86-70(75)56-51-46-41-37-36-38-43-47-52-63(5)9-4/h21,23,25,28,63-66,71H,6-20,22,24,26-27,29-62H2,1-5H3,(H,76,77)(H,78,79)/b23-21-,28-25-/t63?,64-,65+,66+/m0/s1. The van der Waals surface area contributed by atoms with Gasteiger partial charge in [0.25, 0.3) is 0 Å². The Balaban J connectivity index is 5.20. The van der Waals surface area contributed by atoms with E-state index in [1.807, 2.05) is 0 Å². The van der Waals surface area contributed by atoms with Gasteiger partial charge in [0.15, 0.2) is 12.2 Å². The molecule has 0 aromatic heterocycles. The topological polar surface area (TPSA) is 237 Å². The molecule has 0 rings (SSSR count). The molecule has 0 bridgehead atoms. The zero-order valence-corrected chi connectivity index (χ0v) is 58.8. The maximum absolute atomic E-state index is 13.0. The number of hydrogen-bond donors (Lipinski definition) is 3. The van der Waals surface area contributed by atoms with Gasteiger partial charge in [-0.1, -0.05) is 284 Å². The zero-order chi connectivity index (χ0) is 65.6. The second-order valence-electron chi connectivity index (χ2n) is 24.8. The fourth-order valence-electron chi connectivity index (χ4n) is 10.1. The van der Waals surface area contributed by atoms with E-state index >= 15 is 0 Å². The first-order valence-corrected chi connectivity index (χ1v) is 39.0. The smallest absolute Gasteiger partial charge is 0.462 e. The average Bonchev–Trinajstić information content (AvgIpc) is 3.66. The largest absolute Gasteiger partial charge is 0.472 e. The molecule has 3 unspecified atom stereocenters. The fraction of sp³-hybridized carbons (Fsp3) is 0.886. The number of allylic oxidation sites excluding steroid dienone is 4. The summed E-state index contributed by atoms with van der Waals surface area (Å²) >= 11 is 0. The van der Waals surface area contributed by atoms with Gasteiger partial charge in [0.1, 0.15) is 19.3 Å². The highest BCUT2D eigenvalue weighted by molar-refractivity contribution is 7.47. The molecule has 0 aromatic rings. The van der Waals surface area contributed by atoms with Crippen molar-refractivity contribution in [2.24, 2.45) is 5.92 Å². The van der Waals surface area contributed by atoms with Crippen molar-refractivity contribution in [1.82, 2.24) is 0 Å². The van der Waals surface area contributed by atoms with Gasteiger partial charge < -0.3 is 33.8 Å². The van der Waals surface area contributed by atoms with E-state index in [1.54, 1.807) is 0 Å². The molecule has 0 fully saturated rings. The Morgan fingerprint density at radius 1 is 0.360 bits per heavy atom. The third kappa shape index (κ3) is 62.7. The lowest BCUT2D eigenvalue weighted by Crippen LogP contribution is -2.30. The number of carbonyl (C=O) groups is 4. The predicted molar refractivity (Wildman–Crippen MR) is 358 cm³/mol. The average molecular weight is 1310 g/mol. The van der Waals surface area contributed by atoms with Crippen LogP contribution in [0.5, 0.6) is 0 Å². The highest BCUT2D eigenvalue weighted by Crippen LogP contribution is 2.45. The number of phosphoric ester groups is 2. The molecule has 0 radical (unpaired) electrons. The summed E-state index contributed by atoms with van der Waals surface area (Å²) in [6, 6.07) is 0. The maximum atomic E-state index is 13.0. The normalized spacial score (nSPS) is 14.6. The molecule has 6 atom stereocenters. The molecule has 0 aliphatic carbocycles. The van der Waals surface area contributed by atoms with Crippen LogP contribution in [0.2, 0.25) is 0 Å². The molecule has 89 heavy (non-hydrogen) atoms. The third-order valence-electron chi connectivity index (χ3n) is 16.0. The van der Waals surface area contributed by atoms with Crippen LogP contribution in [0.15, 0.2) is 24.3 Å². The highest BCUT2D eigenvalue weighted by atomic mass is 31.2. The minimum atomic E-state index is -4.96. The van der Waals surface area contributed by atoms with Crippen molar-refractivity contribution in [2.45, 2.75) is 355 Å². The zero-order valence-electron chi connectivity index (χ0n) is 57.0. The Bertz CT molecular complexity index is 1810. The van der Waals surface area contributed by atoms with Gasteiger partial charge >= 0.3 is 39.5 Å². The highest BCUT2D eigenvalue weighted by Gasteiger charge is 2.30. The van der Waals surface area contributed by atoms with Crippen molar-refractivity contribution >= 4 is 39.5 Å². The third-order valence-corrected chi connectivity index (χ3v) is 17.9. The second kappa shape index (κ2) is 63.0. The molecule has 0 aliphatic heterocycles. The van der Waals surface area contributed by atoms with E-state index in [0.717, 1.165) is 121 Å². The van der Waals surface area contributed by atoms with Crippen molar-refractivity contribution in [3.05, 3.63) is 24.3 Å². The minimum absolute atomic E-state index is 0.101. The van der Waals surface area contributed by atoms with E-state index in [-0.39, 0.29) is 25.7 Å². The Hall–Kier alpha value is -2.46. The number of aliphatic hydroxyl groups excluding tert-OH is 1. The molecule has 0 saturated heterocycles. The number of aliphatic hydroxyl groups is 1. The Labute approximate surface area is 542 Å². The first-order valence-electron chi connectivity index (χ1n) is 36.0. The van der Waals surface area contributed by atoms with Crippen LogP contribution in [0.3, 0.4) is 0 Å². The number of unbranched alkanes of at least 4 members (excludes halogenated alkanes) is 36. The number of ether oxygens (including phenoxy) is 4. The van der Waals surface area contributed by atoms with Crippen LogP contribution in [-0.4, -0.2) is 96.7 Å². The van der Waals surface area contributed by atoms with E-state index in [4.69, 9.17) is 37.0 Å². The van der Waals surface area contributed by atoms with E-state index in [2.05, 4.69) is 58.9 Å². The van der Waals surface area contributed by atoms with E-state index in [1.165, 1.54) is 135 Å². The molecule has 0 aromatic carbocycles. The number of carbonyl (C=O) groups excluding carboxylic acids is 4.